The Labute approximate surface area is 136 Å². The monoisotopic (exact) mass is 356 g/mol. The van der Waals surface area contributed by atoms with Gasteiger partial charge in [-0.05, 0) is 12.1 Å². The zero-order valence-electron chi connectivity index (χ0n) is 12.1. The van der Waals surface area contributed by atoms with Crippen LogP contribution in [0.3, 0.4) is 0 Å². The minimum absolute atomic E-state index is 0.377. The molecule has 1 saturated carbocycles. The predicted octanol–water partition coefficient (Wildman–Crippen LogP) is 0.576. The Bertz CT molecular complexity index is 696. The van der Waals surface area contributed by atoms with Crippen LogP contribution in [0.1, 0.15) is 10.4 Å². The first-order valence-electron chi connectivity index (χ1n) is 7.44. The van der Waals surface area contributed by atoms with Crippen LogP contribution in [0.25, 0.3) is 0 Å². The van der Waals surface area contributed by atoms with Crippen molar-refractivity contribution in [2.45, 2.75) is 43.1 Å². The van der Waals surface area contributed by atoms with Crippen molar-refractivity contribution >= 4 is 13.8 Å². The molecule has 5 fully saturated rings. The van der Waals surface area contributed by atoms with Gasteiger partial charge in [-0.2, -0.15) is 0 Å². The fourth-order valence-corrected chi connectivity index (χ4v) is 4.68. The van der Waals surface area contributed by atoms with E-state index in [1.54, 1.807) is 30.3 Å². The molecule has 4 heterocycles. The standard InChI is InChI=1S/C14H13O9P/c15-13(6-4-2-1-3-5-6)18-7-8-11-10-12(23-24(16,17)22-11)9(7)20-14(19-8)21-10/h1-5,7-12,14H,(H,16,17)/t7?,8-,9+,10?,11+,12-,14?. The fraction of sp³-hybridized carbons (Fsp3) is 0.500. The number of phosphoric ester groups is 1. The van der Waals surface area contributed by atoms with Crippen LogP contribution < -0.4 is 0 Å². The molecule has 6 rings (SSSR count). The van der Waals surface area contributed by atoms with Crippen LogP contribution in [-0.2, 0) is 32.6 Å². The largest absolute Gasteiger partial charge is 0.473 e. The summed E-state index contributed by atoms with van der Waals surface area (Å²) in [5, 5.41) is 0. The van der Waals surface area contributed by atoms with Crippen molar-refractivity contribution in [3.63, 3.8) is 0 Å². The van der Waals surface area contributed by atoms with E-state index in [0.717, 1.165) is 0 Å². The van der Waals surface area contributed by atoms with Crippen molar-refractivity contribution in [1.82, 2.24) is 0 Å². The number of hydrogen-bond donors (Lipinski definition) is 1. The summed E-state index contributed by atoms with van der Waals surface area (Å²) in [7, 11) is -4.23. The first-order chi connectivity index (χ1) is 11.5. The molecule has 5 aliphatic rings. The molecule has 1 aliphatic carbocycles. The number of carbonyl (C=O) groups excluding carboxylic acids is 1. The fourth-order valence-electron chi connectivity index (χ4n) is 3.54. The van der Waals surface area contributed by atoms with E-state index in [-0.39, 0.29) is 0 Å². The number of phosphoric acid groups is 1. The van der Waals surface area contributed by atoms with Gasteiger partial charge in [-0.3, -0.25) is 9.05 Å². The Morgan fingerprint density at radius 2 is 1.54 bits per heavy atom. The molecular weight excluding hydrogens is 343 g/mol. The van der Waals surface area contributed by atoms with Crippen molar-refractivity contribution in [2.24, 2.45) is 0 Å². The summed E-state index contributed by atoms with van der Waals surface area (Å²) in [6, 6.07) is 8.47. The third-order valence-corrected chi connectivity index (χ3v) is 5.53. The van der Waals surface area contributed by atoms with E-state index < -0.39 is 56.9 Å². The lowest BCUT2D eigenvalue weighted by Crippen LogP contribution is -2.77. The summed E-state index contributed by atoms with van der Waals surface area (Å²) in [5.41, 5.74) is 0.377. The lowest BCUT2D eigenvalue weighted by molar-refractivity contribution is -0.483. The molecule has 10 heteroatoms. The number of esters is 1. The Morgan fingerprint density at radius 3 is 2.17 bits per heavy atom. The summed E-state index contributed by atoms with van der Waals surface area (Å²) < 4.78 is 44.0. The smallest absolute Gasteiger partial charge is 0.453 e. The second-order valence-corrected chi connectivity index (χ2v) is 7.29. The highest BCUT2D eigenvalue weighted by Crippen LogP contribution is 2.58. The molecule has 0 radical (unpaired) electrons. The number of carbonyl (C=O) groups is 1. The van der Waals surface area contributed by atoms with Gasteiger partial charge >= 0.3 is 13.8 Å². The van der Waals surface area contributed by atoms with Crippen LogP contribution in [0.5, 0.6) is 0 Å². The Balaban J connectivity index is 1.44. The number of rotatable bonds is 2. The highest BCUT2D eigenvalue weighted by molar-refractivity contribution is 7.47. The maximum Gasteiger partial charge on any atom is 0.473 e. The zero-order valence-corrected chi connectivity index (χ0v) is 13.0. The Hall–Kier alpha value is -1.32. The minimum atomic E-state index is -4.23. The zero-order chi connectivity index (χ0) is 16.5. The highest BCUT2D eigenvalue weighted by Gasteiger charge is 2.69. The van der Waals surface area contributed by atoms with Crippen molar-refractivity contribution in [3.8, 4) is 0 Å². The van der Waals surface area contributed by atoms with Gasteiger partial charge in [-0.1, -0.05) is 18.2 Å². The van der Waals surface area contributed by atoms with Gasteiger partial charge < -0.3 is 23.8 Å². The number of benzene rings is 1. The van der Waals surface area contributed by atoms with Crippen LogP contribution in [0.4, 0.5) is 0 Å². The van der Waals surface area contributed by atoms with Crippen molar-refractivity contribution in [2.75, 3.05) is 0 Å². The topological polar surface area (TPSA) is 110 Å². The lowest BCUT2D eigenvalue weighted by atomic mass is 9.82. The summed E-state index contributed by atoms with van der Waals surface area (Å²) in [6.45, 7) is -0.924. The second kappa shape index (κ2) is 5.09. The average Bonchev–Trinajstić information content (AvgIpc) is 2.57. The van der Waals surface area contributed by atoms with Gasteiger partial charge in [0.25, 0.3) is 6.48 Å². The molecule has 4 saturated heterocycles. The Morgan fingerprint density at radius 1 is 0.958 bits per heavy atom. The molecule has 0 amide bonds. The molecule has 6 bridgehead atoms. The molecule has 4 aliphatic heterocycles. The first-order valence-corrected chi connectivity index (χ1v) is 8.93. The van der Waals surface area contributed by atoms with Crippen LogP contribution in [0, 0.1) is 0 Å². The van der Waals surface area contributed by atoms with Gasteiger partial charge in [0.2, 0.25) is 0 Å². The van der Waals surface area contributed by atoms with Gasteiger partial charge in [-0.15, -0.1) is 0 Å². The van der Waals surface area contributed by atoms with Gasteiger partial charge in [0, 0.05) is 0 Å². The SMILES string of the molecule is O=C(OC1[C@H]2OC3OC4[C@H]2OP(=O)(O)O[C@@H]4[C@H]1O3)c1ccccc1. The van der Waals surface area contributed by atoms with E-state index in [1.165, 1.54) is 0 Å². The highest BCUT2D eigenvalue weighted by atomic mass is 31.2. The predicted molar refractivity (Wildman–Crippen MR) is 73.6 cm³/mol. The summed E-state index contributed by atoms with van der Waals surface area (Å²) in [4.78, 5) is 22.0. The van der Waals surface area contributed by atoms with Crippen molar-refractivity contribution < 1.29 is 42.2 Å². The molecule has 8 atom stereocenters. The van der Waals surface area contributed by atoms with Crippen LogP contribution >= 0.6 is 7.82 Å². The summed E-state index contributed by atoms with van der Waals surface area (Å²) in [5.74, 6) is -0.550. The molecule has 0 spiro atoms. The average molecular weight is 356 g/mol. The lowest BCUT2D eigenvalue weighted by Gasteiger charge is -2.60. The first kappa shape index (κ1) is 15.0. The van der Waals surface area contributed by atoms with E-state index in [9.17, 15) is 14.3 Å². The van der Waals surface area contributed by atoms with Crippen molar-refractivity contribution in [1.29, 1.82) is 0 Å². The maximum atomic E-state index is 12.3. The van der Waals surface area contributed by atoms with Crippen molar-refractivity contribution in [3.05, 3.63) is 35.9 Å². The Kier molecular flexibility index (Phi) is 3.18. The van der Waals surface area contributed by atoms with E-state index in [1.807, 2.05) is 0 Å². The third kappa shape index (κ3) is 2.18. The molecule has 24 heavy (non-hydrogen) atoms. The van der Waals surface area contributed by atoms with Crippen LogP contribution in [0.2, 0.25) is 0 Å². The summed E-state index contributed by atoms with van der Waals surface area (Å²) in [6.07, 6.45) is -4.70. The molecule has 4 unspecified atom stereocenters. The van der Waals surface area contributed by atoms with Gasteiger partial charge in [0.1, 0.15) is 30.5 Å². The van der Waals surface area contributed by atoms with E-state index in [0.29, 0.717) is 5.56 Å². The maximum absolute atomic E-state index is 12.3. The third-order valence-electron chi connectivity index (χ3n) is 4.51. The molecule has 1 aromatic rings. The van der Waals surface area contributed by atoms with Crippen LogP contribution in [0.15, 0.2) is 30.3 Å². The summed E-state index contributed by atoms with van der Waals surface area (Å²) >= 11 is 0. The van der Waals surface area contributed by atoms with Gasteiger partial charge in [-0.25, -0.2) is 9.36 Å². The van der Waals surface area contributed by atoms with Gasteiger partial charge in [0.15, 0.2) is 6.10 Å². The molecule has 1 N–H and O–H groups in total. The number of ether oxygens (including phenoxy) is 4. The quantitative estimate of drug-likeness (QED) is 0.601. The number of hydrogen-bond acceptors (Lipinski definition) is 8. The van der Waals surface area contributed by atoms with Gasteiger partial charge in [0.05, 0.1) is 5.56 Å². The molecule has 128 valence electrons. The molecular formula is C14H13O9P. The van der Waals surface area contributed by atoms with E-state index in [2.05, 4.69) is 0 Å². The second-order valence-electron chi connectivity index (χ2n) is 5.94. The van der Waals surface area contributed by atoms with Crippen LogP contribution in [-0.4, -0.2) is 54.0 Å². The van der Waals surface area contributed by atoms with E-state index >= 15 is 0 Å². The molecule has 9 nitrogen and oxygen atoms in total. The molecule has 1 aromatic carbocycles. The normalized spacial score (nSPS) is 48.3. The van der Waals surface area contributed by atoms with E-state index in [4.69, 9.17) is 28.0 Å². The minimum Gasteiger partial charge on any atom is -0.453 e. The molecule has 0 aromatic heterocycles.